The fraction of sp³-hybridized carbons (Fsp3) is 0.333. The van der Waals surface area contributed by atoms with Gasteiger partial charge in [-0.3, -0.25) is 4.90 Å². The molecule has 146 valence electrons. The zero-order valence-corrected chi connectivity index (χ0v) is 17.3. The quantitative estimate of drug-likeness (QED) is 0.637. The molecule has 2 heterocycles. The predicted molar refractivity (Wildman–Crippen MR) is 117 cm³/mol. The number of benzene rings is 2. The lowest BCUT2D eigenvalue weighted by atomic mass is 10.0. The molecule has 3 aromatic rings. The van der Waals surface area contributed by atoms with Crippen molar-refractivity contribution in [2.45, 2.75) is 26.0 Å². The summed E-state index contributed by atoms with van der Waals surface area (Å²) < 4.78 is 6.11. The Morgan fingerprint density at radius 2 is 1.93 bits per heavy atom. The molecule has 28 heavy (non-hydrogen) atoms. The molecule has 0 aliphatic carbocycles. The minimum Gasteiger partial charge on any atom is -0.489 e. The summed E-state index contributed by atoms with van der Waals surface area (Å²) >= 11 is 1.87. The van der Waals surface area contributed by atoms with Crippen LogP contribution < -0.4 is 10.1 Å². The summed E-state index contributed by atoms with van der Waals surface area (Å²) in [6.07, 6.45) is 1.19. The molecule has 0 amide bonds. The van der Waals surface area contributed by atoms with E-state index < -0.39 is 0 Å². The maximum atomic E-state index is 6.11. The van der Waals surface area contributed by atoms with Crippen LogP contribution in [0.4, 0.5) is 0 Å². The second-order valence-corrected chi connectivity index (χ2v) is 8.36. The van der Waals surface area contributed by atoms with E-state index in [0.29, 0.717) is 12.6 Å². The molecule has 1 fully saturated rings. The van der Waals surface area contributed by atoms with Crippen molar-refractivity contribution in [1.82, 2.24) is 10.2 Å². The molecule has 4 rings (SSSR count). The standard InChI is InChI=1S/C24H28N2OS/c1-19-15-23(28-18-19)24(26-13-6-11-25-12-14-26)21-9-5-10-22(16-21)27-17-20-7-3-2-4-8-20/h2-5,7-10,15-16,18,24-25H,6,11-14,17H2,1H3. The van der Waals surface area contributed by atoms with Gasteiger partial charge in [-0.25, -0.2) is 0 Å². The summed E-state index contributed by atoms with van der Waals surface area (Å²) in [5.74, 6) is 0.938. The molecule has 1 unspecified atom stereocenters. The van der Waals surface area contributed by atoms with Crippen LogP contribution in [-0.2, 0) is 6.61 Å². The van der Waals surface area contributed by atoms with Crippen LogP contribution in [0.5, 0.6) is 5.75 Å². The van der Waals surface area contributed by atoms with Gasteiger partial charge in [0.25, 0.3) is 0 Å². The van der Waals surface area contributed by atoms with E-state index >= 15 is 0 Å². The summed E-state index contributed by atoms with van der Waals surface area (Å²) in [7, 11) is 0. The number of aryl methyl sites for hydroxylation is 1. The number of rotatable bonds is 6. The molecule has 1 saturated heterocycles. The van der Waals surface area contributed by atoms with Crippen molar-refractivity contribution < 1.29 is 4.74 Å². The van der Waals surface area contributed by atoms with E-state index in [-0.39, 0.29) is 0 Å². The third-order valence-corrected chi connectivity index (χ3v) is 6.29. The van der Waals surface area contributed by atoms with Crippen LogP contribution in [0.3, 0.4) is 0 Å². The highest BCUT2D eigenvalue weighted by atomic mass is 32.1. The molecular formula is C24H28N2OS. The summed E-state index contributed by atoms with van der Waals surface area (Å²) in [6, 6.07) is 21.6. The lowest BCUT2D eigenvalue weighted by molar-refractivity contribution is 0.242. The molecule has 2 aromatic carbocycles. The van der Waals surface area contributed by atoms with E-state index in [1.807, 2.05) is 17.4 Å². The predicted octanol–water partition coefficient (Wildman–Crippen LogP) is 5.02. The molecule has 1 aliphatic heterocycles. The number of hydrogen-bond donors (Lipinski definition) is 1. The zero-order chi connectivity index (χ0) is 19.2. The van der Waals surface area contributed by atoms with Gasteiger partial charge in [0, 0.05) is 24.5 Å². The van der Waals surface area contributed by atoms with Gasteiger partial charge in [0.05, 0.1) is 6.04 Å². The summed E-state index contributed by atoms with van der Waals surface area (Å²) in [6.45, 7) is 7.11. The minimum atomic E-state index is 0.291. The molecule has 0 radical (unpaired) electrons. The first-order valence-electron chi connectivity index (χ1n) is 10.1. The molecule has 3 nitrogen and oxygen atoms in total. The SMILES string of the molecule is Cc1csc(C(c2cccc(OCc3ccccc3)c2)N2CCCNCC2)c1. The van der Waals surface area contributed by atoms with Gasteiger partial charge < -0.3 is 10.1 Å². The molecule has 1 atom stereocenters. The van der Waals surface area contributed by atoms with Gasteiger partial charge in [-0.05, 0) is 60.2 Å². The Morgan fingerprint density at radius 3 is 2.75 bits per heavy atom. The van der Waals surface area contributed by atoms with E-state index in [9.17, 15) is 0 Å². The van der Waals surface area contributed by atoms with Gasteiger partial charge in [0.1, 0.15) is 12.4 Å². The monoisotopic (exact) mass is 392 g/mol. The highest BCUT2D eigenvalue weighted by Gasteiger charge is 2.24. The van der Waals surface area contributed by atoms with E-state index in [1.165, 1.54) is 28.0 Å². The molecular weight excluding hydrogens is 364 g/mol. The molecule has 1 aliphatic rings. The van der Waals surface area contributed by atoms with Crippen LogP contribution in [0.15, 0.2) is 66.0 Å². The second-order valence-electron chi connectivity index (χ2n) is 7.42. The van der Waals surface area contributed by atoms with Crippen LogP contribution >= 0.6 is 11.3 Å². The summed E-state index contributed by atoms with van der Waals surface area (Å²) in [5.41, 5.74) is 3.85. The summed E-state index contributed by atoms with van der Waals surface area (Å²) in [5, 5.41) is 5.79. The van der Waals surface area contributed by atoms with E-state index in [0.717, 1.165) is 31.9 Å². The average Bonchev–Trinajstić information content (AvgIpc) is 2.98. The highest BCUT2D eigenvalue weighted by Crippen LogP contribution is 2.34. The van der Waals surface area contributed by atoms with Crippen LogP contribution in [0.1, 0.15) is 34.0 Å². The van der Waals surface area contributed by atoms with Crippen molar-refractivity contribution in [3.05, 3.63) is 87.6 Å². The van der Waals surface area contributed by atoms with Crippen molar-refractivity contribution in [3.63, 3.8) is 0 Å². The first-order valence-corrected chi connectivity index (χ1v) is 10.9. The third kappa shape index (κ3) is 4.82. The molecule has 0 bridgehead atoms. The number of thiophene rings is 1. The Labute approximate surface area is 172 Å². The van der Waals surface area contributed by atoms with Crippen LogP contribution in [0.2, 0.25) is 0 Å². The van der Waals surface area contributed by atoms with Crippen LogP contribution in [0, 0.1) is 6.92 Å². The Hall–Kier alpha value is -2.14. The number of hydrogen-bond acceptors (Lipinski definition) is 4. The highest BCUT2D eigenvalue weighted by molar-refractivity contribution is 7.10. The fourth-order valence-electron chi connectivity index (χ4n) is 3.79. The lowest BCUT2D eigenvalue weighted by Crippen LogP contribution is -2.32. The second kappa shape index (κ2) is 9.37. The van der Waals surface area contributed by atoms with Gasteiger partial charge in [0.2, 0.25) is 0 Å². The molecule has 0 saturated carbocycles. The van der Waals surface area contributed by atoms with Crippen LogP contribution in [0.25, 0.3) is 0 Å². The zero-order valence-electron chi connectivity index (χ0n) is 16.4. The van der Waals surface area contributed by atoms with Gasteiger partial charge in [-0.15, -0.1) is 11.3 Å². The van der Waals surface area contributed by atoms with Crippen LogP contribution in [-0.4, -0.2) is 31.1 Å². The van der Waals surface area contributed by atoms with E-state index in [2.05, 4.69) is 77.1 Å². The maximum absolute atomic E-state index is 6.11. The summed E-state index contributed by atoms with van der Waals surface area (Å²) in [4.78, 5) is 4.03. The van der Waals surface area contributed by atoms with Crippen molar-refractivity contribution in [2.24, 2.45) is 0 Å². The minimum absolute atomic E-state index is 0.291. The first kappa shape index (κ1) is 19.2. The fourth-order valence-corrected chi connectivity index (χ4v) is 4.85. The van der Waals surface area contributed by atoms with Gasteiger partial charge in [-0.2, -0.15) is 0 Å². The molecule has 4 heteroatoms. The average molecular weight is 393 g/mol. The number of nitrogens with one attached hydrogen (secondary N) is 1. The smallest absolute Gasteiger partial charge is 0.120 e. The van der Waals surface area contributed by atoms with Gasteiger partial charge in [0.15, 0.2) is 0 Å². The molecule has 0 spiro atoms. The third-order valence-electron chi connectivity index (χ3n) is 5.18. The number of ether oxygens (including phenoxy) is 1. The normalized spacial score (nSPS) is 16.5. The van der Waals surface area contributed by atoms with Crippen molar-refractivity contribution in [1.29, 1.82) is 0 Å². The largest absolute Gasteiger partial charge is 0.489 e. The number of nitrogens with zero attached hydrogens (tertiary/aromatic N) is 1. The van der Waals surface area contributed by atoms with E-state index in [4.69, 9.17) is 4.74 Å². The maximum Gasteiger partial charge on any atom is 0.120 e. The Bertz CT molecular complexity index is 869. The van der Waals surface area contributed by atoms with Crippen molar-refractivity contribution in [3.8, 4) is 5.75 Å². The first-order chi connectivity index (χ1) is 13.8. The Balaban J connectivity index is 1.58. The lowest BCUT2D eigenvalue weighted by Gasteiger charge is -2.30. The molecule has 1 N–H and O–H groups in total. The molecule has 1 aromatic heterocycles. The van der Waals surface area contributed by atoms with Crippen molar-refractivity contribution in [2.75, 3.05) is 26.2 Å². The topological polar surface area (TPSA) is 24.5 Å². The Morgan fingerprint density at radius 1 is 1.04 bits per heavy atom. The van der Waals surface area contributed by atoms with Gasteiger partial charge >= 0.3 is 0 Å². The van der Waals surface area contributed by atoms with Crippen molar-refractivity contribution >= 4 is 11.3 Å². The van der Waals surface area contributed by atoms with E-state index in [1.54, 1.807) is 0 Å². The Kier molecular flexibility index (Phi) is 6.42. The van der Waals surface area contributed by atoms with Gasteiger partial charge in [-0.1, -0.05) is 42.5 Å².